The molecule has 7 heteroatoms. The van der Waals surface area contributed by atoms with Gasteiger partial charge in [0.25, 0.3) is 0 Å². The maximum absolute atomic E-state index is 10.0. The minimum absolute atomic E-state index is 0.0832. The van der Waals surface area contributed by atoms with Gasteiger partial charge in [0.1, 0.15) is 0 Å². The lowest BCUT2D eigenvalue weighted by Gasteiger charge is -2.26. The summed E-state index contributed by atoms with van der Waals surface area (Å²) in [4.78, 5) is 10.0. The van der Waals surface area contributed by atoms with Crippen LogP contribution < -0.4 is 5.11 Å². The molecule has 0 aliphatic carbocycles. The van der Waals surface area contributed by atoms with Crippen LogP contribution in [0.25, 0.3) is 0 Å². The van der Waals surface area contributed by atoms with Gasteiger partial charge in [-0.3, -0.25) is 0 Å². The Bertz CT molecular complexity index is 295. The fourth-order valence-corrected chi connectivity index (χ4v) is 2.25. The van der Waals surface area contributed by atoms with Crippen LogP contribution in [0.15, 0.2) is 0 Å². The van der Waals surface area contributed by atoms with E-state index in [0.29, 0.717) is 39.6 Å². The number of carboxylic acids is 1. The van der Waals surface area contributed by atoms with E-state index in [1.165, 1.54) is 37.0 Å². The molecule has 0 aromatic rings. The van der Waals surface area contributed by atoms with Crippen molar-refractivity contribution in [3.63, 3.8) is 0 Å². The molecule has 0 radical (unpaired) electrons. The van der Waals surface area contributed by atoms with E-state index in [2.05, 4.69) is 14.0 Å². The first kappa shape index (κ1) is 23.3. The summed E-state index contributed by atoms with van der Waals surface area (Å²) < 4.78 is 21.4. The van der Waals surface area contributed by atoms with Crippen LogP contribution in [0.4, 0.5) is 0 Å². The van der Waals surface area contributed by atoms with E-state index in [-0.39, 0.29) is 13.0 Å². The Kier molecular flexibility index (Phi) is 15.3. The predicted octanol–water partition coefficient (Wildman–Crippen LogP) is 0.0693. The van der Waals surface area contributed by atoms with Gasteiger partial charge < -0.3 is 33.3 Å². The molecule has 0 amide bonds. The summed E-state index contributed by atoms with van der Waals surface area (Å²) in [6, 6.07) is 0. The second kappa shape index (κ2) is 15.8. The van der Waals surface area contributed by atoms with Gasteiger partial charge in [-0.15, -0.1) is 0 Å². The van der Waals surface area contributed by atoms with Crippen molar-refractivity contribution in [1.29, 1.82) is 0 Å². The van der Waals surface area contributed by atoms with Crippen molar-refractivity contribution in [1.82, 2.24) is 0 Å². The van der Waals surface area contributed by atoms with E-state index in [9.17, 15) is 9.90 Å². The molecule has 7 nitrogen and oxygen atoms in total. The Morgan fingerprint density at radius 3 is 1.75 bits per heavy atom. The zero-order valence-electron chi connectivity index (χ0n) is 15.6. The molecule has 0 aromatic heterocycles. The van der Waals surface area contributed by atoms with Crippen molar-refractivity contribution < 1.29 is 33.3 Å². The molecule has 1 heterocycles. The number of carbonyl (C=O) groups excluding carboxylic acids is 1. The first-order valence-corrected chi connectivity index (χ1v) is 8.79. The highest BCUT2D eigenvalue weighted by molar-refractivity contribution is 5.64. The minimum atomic E-state index is -1.10. The van der Waals surface area contributed by atoms with Crippen LogP contribution in [0.5, 0.6) is 0 Å². The number of aliphatic carboxylic acids is 1. The number of rotatable bonds is 13. The molecule has 0 atom stereocenters. The molecule has 1 aliphatic rings. The van der Waals surface area contributed by atoms with E-state index in [1.54, 1.807) is 7.11 Å². The number of hydrogen-bond acceptors (Lipinski definition) is 6. The van der Waals surface area contributed by atoms with E-state index < -0.39 is 5.97 Å². The van der Waals surface area contributed by atoms with Gasteiger partial charge in [0.05, 0.1) is 72.9 Å². The number of ether oxygens (including phenoxy) is 4. The molecule has 0 spiro atoms. The van der Waals surface area contributed by atoms with Gasteiger partial charge in [0.15, 0.2) is 0 Å². The third-order valence-corrected chi connectivity index (χ3v) is 4.04. The van der Waals surface area contributed by atoms with Crippen molar-refractivity contribution in [3.05, 3.63) is 0 Å². The zero-order chi connectivity index (χ0) is 18.1. The molecule has 0 unspecified atom stereocenters. The summed E-state index contributed by atoms with van der Waals surface area (Å²) in [6.45, 7) is 9.55. The topological polar surface area (TPSA) is 77.0 Å². The maximum atomic E-state index is 10.0. The highest BCUT2D eigenvalue weighted by Crippen LogP contribution is 2.14. The average molecular weight is 349 g/mol. The van der Waals surface area contributed by atoms with Crippen LogP contribution in [0.1, 0.15) is 26.2 Å². The third-order valence-electron chi connectivity index (χ3n) is 4.04. The largest absolute Gasteiger partial charge is 0.550 e. The predicted molar refractivity (Wildman–Crippen MR) is 89.7 cm³/mol. The van der Waals surface area contributed by atoms with Gasteiger partial charge in [0, 0.05) is 32.3 Å². The van der Waals surface area contributed by atoms with Crippen molar-refractivity contribution >= 4 is 5.97 Å². The Balaban J connectivity index is 0.000000546. The fourth-order valence-electron chi connectivity index (χ4n) is 2.25. The van der Waals surface area contributed by atoms with Gasteiger partial charge in [-0.25, -0.2) is 0 Å². The summed E-state index contributed by atoms with van der Waals surface area (Å²) in [5.74, 6) is -1.10. The molecular formula is C17H35NO6. The normalized spacial score (nSPS) is 15.8. The van der Waals surface area contributed by atoms with E-state index in [1.807, 2.05) is 0 Å². The Labute approximate surface area is 146 Å². The Morgan fingerprint density at radius 2 is 1.38 bits per heavy atom. The van der Waals surface area contributed by atoms with Crippen LogP contribution in [0.3, 0.4) is 0 Å². The number of nitrogens with zero attached hydrogens (tertiary/aromatic N) is 1. The molecule has 0 bridgehead atoms. The van der Waals surface area contributed by atoms with Crippen molar-refractivity contribution in [2.45, 2.75) is 26.2 Å². The number of likely N-dealkylation sites (tertiary alicyclic amines) is 1. The molecule has 144 valence electrons. The molecular weight excluding hydrogens is 314 g/mol. The number of carbonyl (C=O) groups is 1. The number of carboxylic acid groups (broad SMARTS) is 1. The summed E-state index contributed by atoms with van der Waals surface area (Å²) >= 11 is 0. The highest BCUT2D eigenvalue weighted by Gasteiger charge is 2.23. The SMILES string of the molecule is CC[N+]1(C)CCCC1.COCCOCCOCCOCCC(=O)[O-]. The molecule has 1 aliphatic heterocycles. The number of methoxy groups -OCH3 is 1. The molecule has 0 N–H and O–H groups in total. The Hall–Kier alpha value is -0.730. The monoisotopic (exact) mass is 349 g/mol. The van der Waals surface area contributed by atoms with E-state index in [0.717, 1.165) is 0 Å². The van der Waals surface area contributed by atoms with Gasteiger partial charge in [-0.05, 0) is 6.92 Å². The summed E-state index contributed by atoms with van der Waals surface area (Å²) in [5, 5.41) is 10.0. The van der Waals surface area contributed by atoms with Gasteiger partial charge in [-0.2, -0.15) is 0 Å². The van der Waals surface area contributed by atoms with Gasteiger partial charge in [-0.1, -0.05) is 0 Å². The second-order valence-electron chi connectivity index (χ2n) is 6.04. The fraction of sp³-hybridized carbons (Fsp3) is 0.941. The van der Waals surface area contributed by atoms with Crippen LogP contribution >= 0.6 is 0 Å². The lowest BCUT2D eigenvalue weighted by atomic mass is 10.4. The summed E-state index contributed by atoms with van der Waals surface area (Å²) in [7, 11) is 3.97. The van der Waals surface area contributed by atoms with Crippen LogP contribution in [-0.4, -0.2) is 90.5 Å². The van der Waals surface area contributed by atoms with E-state index >= 15 is 0 Å². The highest BCUT2D eigenvalue weighted by atomic mass is 16.6. The smallest absolute Gasteiger partial charge is 0.0786 e. The minimum Gasteiger partial charge on any atom is -0.550 e. The van der Waals surface area contributed by atoms with Crippen LogP contribution in [0.2, 0.25) is 0 Å². The number of hydrogen-bond donors (Lipinski definition) is 0. The molecule has 24 heavy (non-hydrogen) atoms. The molecule has 1 fully saturated rings. The van der Waals surface area contributed by atoms with E-state index in [4.69, 9.17) is 18.9 Å². The van der Waals surface area contributed by atoms with Crippen molar-refractivity contribution in [2.75, 3.05) is 80.0 Å². The standard InChI is InChI=1S/C10H20O6.C7H16N/c1-13-4-5-15-8-9-16-7-6-14-3-2-10(11)12;1-3-8(2)6-4-5-7-8/h2-9H2,1H3,(H,11,12);3-7H2,1-2H3/q;+1/p-1. The first-order chi connectivity index (χ1) is 11.5. The molecule has 1 rings (SSSR count). The van der Waals surface area contributed by atoms with Gasteiger partial charge >= 0.3 is 0 Å². The van der Waals surface area contributed by atoms with Crippen LogP contribution in [-0.2, 0) is 23.7 Å². The summed E-state index contributed by atoms with van der Waals surface area (Å²) in [5.41, 5.74) is 0. The molecule has 1 saturated heterocycles. The number of quaternary nitrogens is 1. The molecule has 0 aromatic carbocycles. The first-order valence-electron chi connectivity index (χ1n) is 8.79. The lowest BCUT2D eigenvalue weighted by molar-refractivity contribution is -0.895. The average Bonchev–Trinajstić information content (AvgIpc) is 3.00. The third kappa shape index (κ3) is 14.8. The zero-order valence-corrected chi connectivity index (χ0v) is 15.6. The second-order valence-corrected chi connectivity index (χ2v) is 6.04. The Morgan fingerprint density at radius 1 is 0.917 bits per heavy atom. The van der Waals surface area contributed by atoms with Crippen molar-refractivity contribution in [2.24, 2.45) is 0 Å². The van der Waals surface area contributed by atoms with Crippen molar-refractivity contribution in [3.8, 4) is 0 Å². The quantitative estimate of drug-likeness (QED) is 0.346. The lowest BCUT2D eigenvalue weighted by Crippen LogP contribution is -2.40. The van der Waals surface area contributed by atoms with Crippen LogP contribution in [0, 0.1) is 0 Å². The van der Waals surface area contributed by atoms with Gasteiger partial charge in [0.2, 0.25) is 0 Å². The maximum Gasteiger partial charge on any atom is 0.0786 e. The molecule has 0 saturated carbocycles. The summed E-state index contributed by atoms with van der Waals surface area (Å²) in [6.07, 6.45) is 2.81.